The summed E-state index contributed by atoms with van der Waals surface area (Å²) in [5, 5.41) is 5.87. The number of carbonyl (C=O) groups excluding carboxylic acids is 1. The van der Waals surface area contributed by atoms with Crippen molar-refractivity contribution in [2.24, 2.45) is 5.92 Å². The fourth-order valence-corrected chi connectivity index (χ4v) is 4.53. The molecule has 0 aliphatic carbocycles. The highest BCUT2D eigenvalue weighted by Crippen LogP contribution is 2.34. The predicted octanol–water partition coefficient (Wildman–Crippen LogP) is 2.28. The molecular weight excluding hydrogens is 312 g/mol. The first-order valence-electron chi connectivity index (χ1n) is 8.63. The minimum absolute atomic E-state index is 0.0310. The van der Waals surface area contributed by atoms with Crippen molar-refractivity contribution in [2.45, 2.75) is 44.4 Å². The fourth-order valence-electron chi connectivity index (χ4n) is 3.87. The monoisotopic (exact) mass is 336 g/mol. The quantitative estimate of drug-likeness (QED) is 0.849. The van der Waals surface area contributed by atoms with Gasteiger partial charge in [0.2, 0.25) is 0 Å². The van der Waals surface area contributed by atoms with E-state index in [1.165, 1.54) is 10.6 Å². The Hall–Kier alpha value is -0.950. The lowest BCUT2D eigenvalue weighted by Crippen LogP contribution is -2.43. The van der Waals surface area contributed by atoms with Crippen LogP contribution in [0.3, 0.4) is 0 Å². The maximum Gasteiger partial charge on any atom is 0.275 e. The largest absolute Gasteiger partial charge is 0.363 e. The molecule has 0 N–H and O–H groups in total. The molecule has 3 saturated heterocycles. The predicted molar refractivity (Wildman–Crippen MR) is 87.9 cm³/mol. The van der Waals surface area contributed by atoms with Gasteiger partial charge < -0.3 is 4.74 Å². The van der Waals surface area contributed by atoms with E-state index in [0.29, 0.717) is 19.1 Å². The highest BCUT2D eigenvalue weighted by Gasteiger charge is 2.43. The maximum atomic E-state index is 12.5. The Morgan fingerprint density at radius 3 is 3.09 bits per heavy atom. The van der Waals surface area contributed by atoms with E-state index in [-0.39, 0.29) is 18.1 Å². The van der Waals surface area contributed by atoms with Gasteiger partial charge in [0, 0.05) is 19.6 Å². The van der Waals surface area contributed by atoms with Crippen LogP contribution in [0.15, 0.2) is 16.8 Å². The summed E-state index contributed by atoms with van der Waals surface area (Å²) in [4.78, 5) is 20.5. The van der Waals surface area contributed by atoms with Crippen LogP contribution in [0.1, 0.15) is 31.2 Å². The van der Waals surface area contributed by atoms with Crippen LogP contribution in [-0.2, 0) is 20.9 Å². The van der Waals surface area contributed by atoms with Crippen LogP contribution in [-0.4, -0.2) is 54.3 Å². The van der Waals surface area contributed by atoms with E-state index >= 15 is 0 Å². The standard InChI is InChI=1S/C17H24N2O3S/c20-17(19-5-1-2-7-21-19)15-9-14-3-6-18(11-16(14)22-15)10-13-4-8-23-12-13/h4,8,12,14-16H,1-3,5-7,9-11H2/t14-,15+,16+/m0/s1. The Morgan fingerprint density at radius 2 is 2.30 bits per heavy atom. The van der Waals surface area contributed by atoms with E-state index in [1.807, 2.05) is 0 Å². The Morgan fingerprint density at radius 1 is 1.35 bits per heavy atom. The maximum absolute atomic E-state index is 12.5. The summed E-state index contributed by atoms with van der Waals surface area (Å²) >= 11 is 1.75. The van der Waals surface area contributed by atoms with Crippen molar-refractivity contribution in [3.63, 3.8) is 0 Å². The van der Waals surface area contributed by atoms with Gasteiger partial charge in [-0.15, -0.1) is 0 Å². The molecule has 4 heterocycles. The van der Waals surface area contributed by atoms with E-state index < -0.39 is 0 Å². The van der Waals surface area contributed by atoms with Gasteiger partial charge in [-0.1, -0.05) is 0 Å². The lowest BCUT2D eigenvalue weighted by molar-refractivity contribution is -0.206. The number of thiophene rings is 1. The average molecular weight is 336 g/mol. The summed E-state index contributed by atoms with van der Waals surface area (Å²) < 4.78 is 6.12. The zero-order valence-electron chi connectivity index (χ0n) is 13.4. The zero-order valence-corrected chi connectivity index (χ0v) is 14.2. The van der Waals surface area contributed by atoms with Gasteiger partial charge in [-0.3, -0.25) is 14.5 Å². The molecule has 0 radical (unpaired) electrons. The molecule has 0 bridgehead atoms. The van der Waals surface area contributed by atoms with Crippen LogP contribution in [0.25, 0.3) is 0 Å². The summed E-state index contributed by atoms with van der Waals surface area (Å²) in [5.41, 5.74) is 1.38. The lowest BCUT2D eigenvalue weighted by atomic mass is 9.91. The third-order valence-corrected chi connectivity index (χ3v) is 5.88. The number of hydrogen-bond donors (Lipinski definition) is 0. The normalized spacial score (nSPS) is 32.0. The third-order valence-electron chi connectivity index (χ3n) is 5.15. The lowest BCUT2D eigenvalue weighted by Gasteiger charge is -2.33. The summed E-state index contributed by atoms with van der Waals surface area (Å²) in [6, 6.07) is 2.19. The van der Waals surface area contributed by atoms with Crippen molar-refractivity contribution in [1.29, 1.82) is 0 Å². The van der Waals surface area contributed by atoms with Gasteiger partial charge in [-0.05, 0) is 60.5 Å². The Balaban J connectivity index is 1.33. The molecule has 1 aromatic heterocycles. The van der Waals surface area contributed by atoms with E-state index in [0.717, 1.165) is 45.3 Å². The van der Waals surface area contributed by atoms with Gasteiger partial charge in [0.25, 0.3) is 5.91 Å². The molecule has 1 aromatic rings. The molecule has 126 valence electrons. The number of likely N-dealkylation sites (tertiary alicyclic amines) is 1. The van der Waals surface area contributed by atoms with Crippen LogP contribution < -0.4 is 0 Å². The molecule has 6 heteroatoms. The summed E-state index contributed by atoms with van der Waals surface area (Å²) in [5.74, 6) is 0.552. The van der Waals surface area contributed by atoms with Crippen molar-refractivity contribution < 1.29 is 14.4 Å². The number of amides is 1. The zero-order chi connectivity index (χ0) is 15.6. The van der Waals surface area contributed by atoms with Crippen LogP contribution in [0, 0.1) is 5.92 Å². The van der Waals surface area contributed by atoms with Crippen molar-refractivity contribution in [2.75, 3.05) is 26.2 Å². The van der Waals surface area contributed by atoms with Gasteiger partial charge in [0.15, 0.2) is 0 Å². The average Bonchev–Trinajstić information content (AvgIpc) is 3.24. The molecule has 0 aromatic carbocycles. The third kappa shape index (κ3) is 3.45. The van der Waals surface area contributed by atoms with Gasteiger partial charge >= 0.3 is 0 Å². The minimum atomic E-state index is -0.302. The number of piperidine rings is 1. The molecule has 3 fully saturated rings. The second-order valence-corrected chi connectivity index (χ2v) is 7.58. The van der Waals surface area contributed by atoms with Crippen molar-refractivity contribution >= 4 is 17.2 Å². The van der Waals surface area contributed by atoms with Crippen LogP contribution in [0.2, 0.25) is 0 Å². The Bertz CT molecular complexity index is 530. The van der Waals surface area contributed by atoms with Crippen LogP contribution in [0.4, 0.5) is 0 Å². The molecule has 1 amide bonds. The molecule has 23 heavy (non-hydrogen) atoms. The first-order valence-corrected chi connectivity index (χ1v) is 9.57. The number of hydroxylamine groups is 2. The summed E-state index contributed by atoms with van der Waals surface area (Å²) in [7, 11) is 0. The van der Waals surface area contributed by atoms with E-state index in [4.69, 9.17) is 9.57 Å². The number of fused-ring (bicyclic) bond motifs is 1. The van der Waals surface area contributed by atoms with Gasteiger partial charge in [-0.25, -0.2) is 5.06 Å². The number of carbonyl (C=O) groups is 1. The molecule has 3 aliphatic heterocycles. The topological polar surface area (TPSA) is 42.0 Å². The number of hydrogen-bond acceptors (Lipinski definition) is 5. The number of rotatable bonds is 3. The van der Waals surface area contributed by atoms with E-state index in [2.05, 4.69) is 21.7 Å². The smallest absolute Gasteiger partial charge is 0.275 e. The van der Waals surface area contributed by atoms with Gasteiger partial charge in [0.05, 0.1) is 12.7 Å². The van der Waals surface area contributed by atoms with Crippen molar-refractivity contribution in [3.8, 4) is 0 Å². The molecule has 3 aliphatic rings. The summed E-state index contributed by atoms with van der Waals surface area (Å²) in [6.07, 6.45) is 3.94. The molecular formula is C17H24N2O3S. The van der Waals surface area contributed by atoms with E-state index in [1.54, 1.807) is 11.3 Å². The Labute approximate surface area is 141 Å². The fraction of sp³-hybridized carbons (Fsp3) is 0.706. The number of ether oxygens (including phenoxy) is 1. The number of nitrogens with zero attached hydrogens (tertiary/aromatic N) is 2. The van der Waals surface area contributed by atoms with Crippen molar-refractivity contribution in [3.05, 3.63) is 22.4 Å². The first kappa shape index (κ1) is 15.6. The molecule has 0 saturated carbocycles. The molecule has 0 unspecified atom stereocenters. The second kappa shape index (κ2) is 6.89. The molecule has 0 spiro atoms. The van der Waals surface area contributed by atoms with Gasteiger partial charge in [0.1, 0.15) is 6.10 Å². The van der Waals surface area contributed by atoms with E-state index in [9.17, 15) is 4.79 Å². The molecule has 3 atom stereocenters. The first-order chi connectivity index (χ1) is 11.3. The Kier molecular flexibility index (Phi) is 4.66. The second-order valence-electron chi connectivity index (χ2n) is 6.80. The highest BCUT2D eigenvalue weighted by atomic mass is 32.1. The SMILES string of the molecule is O=C([C@H]1C[C@@H]2CCN(Cc3ccsc3)C[C@H]2O1)N1CCCCO1. The molecule has 4 rings (SSSR count). The van der Waals surface area contributed by atoms with Crippen LogP contribution >= 0.6 is 11.3 Å². The van der Waals surface area contributed by atoms with Gasteiger partial charge in [-0.2, -0.15) is 11.3 Å². The van der Waals surface area contributed by atoms with Crippen molar-refractivity contribution in [1.82, 2.24) is 9.96 Å². The minimum Gasteiger partial charge on any atom is -0.363 e. The summed E-state index contributed by atoms with van der Waals surface area (Å²) in [6.45, 7) is 4.38. The molecule has 5 nitrogen and oxygen atoms in total. The van der Waals surface area contributed by atoms with Crippen LogP contribution in [0.5, 0.6) is 0 Å². The highest BCUT2D eigenvalue weighted by molar-refractivity contribution is 7.07.